The van der Waals surface area contributed by atoms with Crippen LogP contribution in [0.25, 0.3) is 0 Å². The van der Waals surface area contributed by atoms with Gasteiger partial charge in [0.05, 0.1) is 29.9 Å². The number of halogens is 2. The first-order valence-electron chi connectivity index (χ1n) is 10.1. The summed E-state index contributed by atoms with van der Waals surface area (Å²) in [6, 6.07) is 10.6. The molecule has 0 radical (unpaired) electrons. The Hall–Kier alpha value is -3.84. The number of nitrogens with one attached hydrogen (secondary N) is 1. The molecule has 0 saturated carbocycles. The van der Waals surface area contributed by atoms with E-state index >= 15 is 0 Å². The van der Waals surface area contributed by atoms with Gasteiger partial charge >= 0.3 is 0 Å². The lowest BCUT2D eigenvalue weighted by molar-refractivity contribution is 0.1000. The van der Waals surface area contributed by atoms with Crippen LogP contribution in [-0.4, -0.2) is 38.7 Å². The van der Waals surface area contributed by atoms with Crippen molar-refractivity contribution >= 4 is 17.4 Å². The lowest BCUT2D eigenvalue weighted by Crippen LogP contribution is -2.41. The summed E-state index contributed by atoms with van der Waals surface area (Å²) in [5.41, 5.74) is 6.97. The molecule has 0 unspecified atom stereocenters. The van der Waals surface area contributed by atoms with Gasteiger partial charge in [0.25, 0.3) is 5.91 Å². The molecule has 1 aliphatic rings. The topological polar surface area (TPSA) is 113 Å². The average Bonchev–Trinajstić information content (AvgIpc) is 3.21. The number of nitrogens with two attached hydrogens (primary N) is 1. The van der Waals surface area contributed by atoms with Crippen LogP contribution in [0.2, 0.25) is 0 Å². The summed E-state index contributed by atoms with van der Waals surface area (Å²) in [6.45, 7) is 1.67. The molecule has 1 amide bonds. The Morgan fingerprint density at radius 2 is 1.97 bits per heavy atom. The summed E-state index contributed by atoms with van der Waals surface area (Å²) >= 11 is 0. The predicted octanol–water partition coefficient (Wildman–Crippen LogP) is 2.99. The maximum Gasteiger partial charge on any atom is 0.254 e. The molecule has 0 aliphatic carbocycles. The third-order valence-electron chi connectivity index (χ3n) is 5.45. The highest BCUT2D eigenvalue weighted by molar-refractivity contribution is 5.98. The second kappa shape index (κ2) is 9.11. The summed E-state index contributed by atoms with van der Waals surface area (Å²) in [7, 11) is 0. The van der Waals surface area contributed by atoms with Crippen LogP contribution in [0.4, 0.5) is 20.3 Å². The van der Waals surface area contributed by atoms with Gasteiger partial charge in [-0.2, -0.15) is 10.4 Å². The summed E-state index contributed by atoms with van der Waals surface area (Å²) in [6.07, 6.45) is 3.31. The maximum atomic E-state index is 13.2. The zero-order valence-electron chi connectivity index (χ0n) is 17.1. The van der Waals surface area contributed by atoms with Gasteiger partial charge in [-0.15, -0.1) is 0 Å². The highest BCUT2D eigenvalue weighted by Gasteiger charge is 2.32. The number of carbonyl (C=O) groups is 1. The van der Waals surface area contributed by atoms with Crippen molar-refractivity contribution in [2.24, 2.45) is 11.7 Å². The molecule has 10 heteroatoms. The number of hydrogen-bond donors (Lipinski definition) is 2. The van der Waals surface area contributed by atoms with E-state index in [-0.39, 0.29) is 29.2 Å². The Morgan fingerprint density at radius 1 is 1.22 bits per heavy atom. The van der Waals surface area contributed by atoms with Crippen molar-refractivity contribution in [2.75, 3.05) is 18.4 Å². The van der Waals surface area contributed by atoms with E-state index in [0.717, 1.165) is 5.69 Å². The largest absolute Gasteiger partial charge is 0.365 e. The van der Waals surface area contributed by atoms with Crippen molar-refractivity contribution < 1.29 is 13.6 Å². The normalized spacial score (nSPS) is 18.8. The van der Waals surface area contributed by atoms with E-state index in [1.807, 2.05) is 0 Å². The smallest absolute Gasteiger partial charge is 0.254 e. The number of benzene rings is 1. The molecule has 1 aromatic carbocycles. The van der Waals surface area contributed by atoms with Gasteiger partial charge in [-0.3, -0.25) is 19.4 Å². The standard InChI is InChI=1S/C22H21F2N7O/c23-15-1-4-17(5-2-15)28-22-19(21(26)32)12-31(29-22)20-13-30(8-7-14(20)9-25)11-18-6-3-16(24)10-27-18/h1-6,10,12,14,20H,7-8,11,13H2,(H2,26,32)(H,28,29)/t14-,20+/m1/s1. The van der Waals surface area contributed by atoms with Gasteiger partial charge in [0.1, 0.15) is 17.2 Å². The van der Waals surface area contributed by atoms with E-state index in [1.165, 1.54) is 42.7 Å². The molecule has 2 atom stereocenters. The Kier molecular flexibility index (Phi) is 6.09. The molecule has 0 spiro atoms. The third kappa shape index (κ3) is 4.73. The van der Waals surface area contributed by atoms with Crippen LogP contribution < -0.4 is 11.1 Å². The molecule has 4 rings (SSSR count). The summed E-state index contributed by atoms with van der Waals surface area (Å²) in [5, 5.41) is 17.1. The highest BCUT2D eigenvalue weighted by atomic mass is 19.1. The van der Waals surface area contributed by atoms with Crippen LogP contribution in [0, 0.1) is 28.9 Å². The van der Waals surface area contributed by atoms with E-state index in [2.05, 4.69) is 26.4 Å². The Morgan fingerprint density at radius 3 is 2.62 bits per heavy atom. The van der Waals surface area contributed by atoms with Gasteiger partial charge in [0, 0.05) is 25.0 Å². The zero-order valence-corrected chi connectivity index (χ0v) is 17.1. The number of hydrogen-bond acceptors (Lipinski definition) is 6. The van der Waals surface area contributed by atoms with Crippen LogP contribution in [0.1, 0.15) is 28.5 Å². The molecule has 3 N–H and O–H groups in total. The fourth-order valence-electron chi connectivity index (χ4n) is 3.79. The molecular weight excluding hydrogens is 416 g/mol. The van der Waals surface area contributed by atoms with E-state index in [1.54, 1.807) is 10.7 Å². The highest BCUT2D eigenvalue weighted by Crippen LogP contribution is 2.30. The van der Waals surface area contributed by atoms with Gasteiger partial charge in [-0.25, -0.2) is 8.78 Å². The molecule has 1 aliphatic heterocycles. The molecular formula is C22H21F2N7O. The first-order chi connectivity index (χ1) is 15.4. The van der Waals surface area contributed by atoms with Gasteiger partial charge < -0.3 is 11.1 Å². The number of primary amides is 1. The number of amides is 1. The third-order valence-corrected chi connectivity index (χ3v) is 5.45. The van der Waals surface area contributed by atoms with Crippen molar-refractivity contribution in [3.8, 4) is 6.07 Å². The minimum atomic E-state index is -0.669. The van der Waals surface area contributed by atoms with Crippen molar-refractivity contribution in [1.82, 2.24) is 19.7 Å². The summed E-state index contributed by atoms with van der Waals surface area (Å²) in [5.74, 6) is -1.53. The fraction of sp³-hybridized carbons (Fsp3) is 0.273. The minimum Gasteiger partial charge on any atom is -0.365 e. The monoisotopic (exact) mass is 437 g/mol. The summed E-state index contributed by atoms with van der Waals surface area (Å²) in [4.78, 5) is 18.2. The first-order valence-corrected chi connectivity index (χ1v) is 10.1. The van der Waals surface area contributed by atoms with E-state index in [9.17, 15) is 18.8 Å². The number of nitriles is 1. The number of rotatable bonds is 6. The molecule has 1 saturated heterocycles. The van der Waals surface area contributed by atoms with E-state index in [0.29, 0.717) is 31.7 Å². The van der Waals surface area contributed by atoms with Gasteiger partial charge in [-0.1, -0.05) is 0 Å². The molecule has 1 fully saturated rings. The molecule has 32 heavy (non-hydrogen) atoms. The van der Waals surface area contributed by atoms with Crippen LogP contribution >= 0.6 is 0 Å². The Bertz CT molecular complexity index is 1140. The SMILES string of the molecule is N#C[C@H]1CCN(Cc2ccc(F)cn2)C[C@@H]1n1cc(C(N)=O)c(Nc2ccc(F)cc2)n1. The molecule has 3 heterocycles. The Balaban J connectivity index is 1.57. The van der Waals surface area contributed by atoms with Gasteiger partial charge in [-0.05, 0) is 49.4 Å². The molecule has 2 aromatic heterocycles. The van der Waals surface area contributed by atoms with Crippen molar-refractivity contribution in [3.63, 3.8) is 0 Å². The van der Waals surface area contributed by atoms with Crippen LogP contribution in [0.15, 0.2) is 48.8 Å². The second-order valence-corrected chi connectivity index (χ2v) is 7.66. The average molecular weight is 437 g/mol. The Labute approximate surface area is 183 Å². The van der Waals surface area contributed by atoms with Crippen molar-refractivity contribution in [1.29, 1.82) is 5.26 Å². The molecule has 8 nitrogen and oxygen atoms in total. The fourth-order valence-corrected chi connectivity index (χ4v) is 3.79. The summed E-state index contributed by atoms with van der Waals surface area (Å²) < 4.78 is 27.9. The molecule has 3 aromatic rings. The van der Waals surface area contributed by atoms with Crippen molar-refractivity contribution in [2.45, 2.75) is 19.0 Å². The van der Waals surface area contributed by atoms with E-state index in [4.69, 9.17) is 5.73 Å². The number of pyridine rings is 1. The number of piperidine rings is 1. The van der Waals surface area contributed by atoms with E-state index < -0.39 is 11.7 Å². The van der Waals surface area contributed by atoms with Gasteiger partial charge in [0.2, 0.25) is 0 Å². The quantitative estimate of drug-likeness (QED) is 0.613. The number of anilines is 2. The van der Waals surface area contributed by atoms with Crippen molar-refractivity contribution in [3.05, 3.63) is 71.7 Å². The van der Waals surface area contributed by atoms with Crippen LogP contribution in [0.5, 0.6) is 0 Å². The number of carbonyl (C=O) groups excluding carboxylic acids is 1. The zero-order chi connectivity index (χ0) is 22.7. The van der Waals surface area contributed by atoms with Crippen LogP contribution in [-0.2, 0) is 6.54 Å². The minimum absolute atomic E-state index is 0.170. The lowest BCUT2D eigenvalue weighted by atomic mass is 9.93. The van der Waals surface area contributed by atoms with Gasteiger partial charge in [0.15, 0.2) is 5.82 Å². The first kappa shape index (κ1) is 21.4. The van der Waals surface area contributed by atoms with Crippen LogP contribution in [0.3, 0.4) is 0 Å². The molecule has 0 bridgehead atoms. The number of nitrogens with zero attached hydrogens (tertiary/aromatic N) is 5. The number of aromatic nitrogens is 3. The number of likely N-dealkylation sites (tertiary alicyclic amines) is 1. The maximum absolute atomic E-state index is 13.2. The predicted molar refractivity (Wildman–Crippen MR) is 113 cm³/mol. The molecule has 164 valence electrons. The lowest BCUT2D eigenvalue weighted by Gasteiger charge is -2.35. The second-order valence-electron chi connectivity index (χ2n) is 7.66.